The fraction of sp³-hybridized carbons (Fsp3) is 0.409. The van der Waals surface area contributed by atoms with Crippen LogP contribution in [0.15, 0.2) is 41.4 Å². The highest BCUT2D eigenvalue weighted by Gasteiger charge is 2.12. The number of ether oxygens (including phenoxy) is 4. The molecule has 0 aliphatic carbocycles. The molecule has 0 bridgehead atoms. The number of rotatable bonds is 10. The fourth-order valence-corrected chi connectivity index (χ4v) is 2.95. The number of methoxy groups -OCH3 is 4. The predicted molar refractivity (Wildman–Crippen MR) is 116 cm³/mol. The van der Waals surface area contributed by atoms with Gasteiger partial charge in [0.2, 0.25) is 0 Å². The van der Waals surface area contributed by atoms with E-state index in [0.717, 1.165) is 42.3 Å². The second-order valence-electron chi connectivity index (χ2n) is 6.20. The van der Waals surface area contributed by atoms with E-state index in [1.54, 1.807) is 28.4 Å². The van der Waals surface area contributed by atoms with Crippen LogP contribution in [0.5, 0.6) is 23.0 Å². The van der Waals surface area contributed by atoms with E-state index in [4.69, 9.17) is 18.9 Å². The van der Waals surface area contributed by atoms with E-state index < -0.39 is 0 Å². The van der Waals surface area contributed by atoms with Gasteiger partial charge in [0.05, 0.1) is 35.0 Å². The smallest absolute Gasteiger partial charge is 0.191 e. The van der Waals surface area contributed by atoms with Crippen LogP contribution in [-0.2, 0) is 13.0 Å². The van der Waals surface area contributed by atoms with E-state index in [0.29, 0.717) is 23.8 Å². The summed E-state index contributed by atoms with van der Waals surface area (Å²) in [6, 6.07) is 11.7. The van der Waals surface area contributed by atoms with E-state index in [1.165, 1.54) is 0 Å². The van der Waals surface area contributed by atoms with Crippen LogP contribution in [-0.4, -0.2) is 47.5 Å². The Hall–Kier alpha value is -3.09. The third-order valence-electron chi connectivity index (χ3n) is 4.42. The topological polar surface area (TPSA) is 73.3 Å². The molecule has 2 aromatic carbocycles. The zero-order valence-corrected chi connectivity index (χ0v) is 17.9. The summed E-state index contributed by atoms with van der Waals surface area (Å²) >= 11 is 0. The molecule has 2 N–H and O–H groups in total. The van der Waals surface area contributed by atoms with Gasteiger partial charge in [0, 0.05) is 24.7 Å². The van der Waals surface area contributed by atoms with E-state index in [9.17, 15) is 0 Å². The predicted octanol–water partition coefficient (Wildman–Crippen LogP) is 3.02. The molecule has 0 heterocycles. The lowest BCUT2D eigenvalue weighted by molar-refractivity contribution is 0.347. The maximum absolute atomic E-state index is 5.48. The third-order valence-corrected chi connectivity index (χ3v) is 4.42. The van der Waals surface area contributed by atoms with Crippen LogP contribution < -0.4 is 29.6 Å². The molecular formula is C22H31N3O4. The first kappa shape index (κ1) is 22.2. The summed E-state index contributed by atoms with van der Waals surface area (Å²) in [4.78, 5) is 4.68. The molecule has 0 saturated carbocycles. The van der Waals surface area contributed by atoms with Gasteiger partial charge < -0.3 is 29.6 Å². The SMILES string of the molecule is CCNC(=NCc1cc(OC)c(OC)cc1OC)NCCc1ccccc1OC. The number of guanidine groups is 1. The average molecular weight is 402 g/mol. The van der Waals surface area contributed by atoms with Crippen LogP contribution in [0, 0.1) is 0 Å². The number of para-hydroxylation sites is 1. The Morgan fingerprint density at radius 1 is 0.793 bits per heavy atom. The molecule has 2 rings (SSSR count). The van der Waals surface area contributed by atoms with Gasteiger partial charge in [0.25, 0.3) is 0 Å². The number of benzene rings is 2. The second-order valence-corrected chi connectivity index (χ2v) is 6.20. The van der Waals surface area contributed by atoms with Gasteiger partial charge in [0.1, 0.15) is 11.5 Å². The highest BCUT2D eigenvalue weighted by molar-refractivity contribution is 5.79. The van der Waals surface area contributed by atoms with Crippen LogP contribution in [0.1, 0.15) is 18.1 Å². The molecule has 0 atom stereocenters. The minimum absolute atomic E-state index is 0.438. The largest absolute Gasteiger partial charge is 0.496 e. The molecule has 29 heavy (non-hydrogen) atoms. The van der Waals surface area contributed by atoms with Gasteiger partial charge in [-0.25, -0.2) is 4.99 Å². The fourth-order valence-electron chi connectivity index (χ4n) is 2.95. The first-order valence-corrected chi connectivity index (χ1v) is 9.59. The van der Waals surface area contributed by atoms with Crippen LogP contribution in [0.4, 0.5) is 0 Å². The monoisotopic (exact) mass is 401 g/mol. The van der Waals surface area contributed by atoms with Gasteiger partial charge in [-0.05, 0) is 31.0 Å². The Morgan fingerprint density at radius 3 is 2.10 bits per heavy atom. The van der Waals surface area contributed by atoms with Gasteiger partial charge in [-0.3, -0.25) is 0 Å². The van der Waals surface area contributed by atoms with E-state index in [-0.39, 0.29) is 0 Å². The molecule has 0 aliphatic heterocycles. The first-order chi connectivity index (χ1) is 14.2. The molecule has 158 valence electrons. The standard InChI is InChI=1S/C22H31N3O4/c1-6-23-22(24-12-11-16-9-7-8-10-18(16)26-2)25-15-17-13-20(28-4)21(29-5)14-19(17)27-3/h7-10,13-14H,6,11-12,15H2,1-5H3,(H2,23,24,25). The van der Waals surface area contributed by atoms with Crippen LogP contribution in [0.25, 0.3) is 0 Å². The van der Waals surface area contributed by atoms with Gasteiger partial charge in [0.15, 0.2) is 17.5 Å². The summed E-state index contributed by atoms with van der Waals surface area (Å²) in [6.07, 6.45) is 0.827. The Labute approximate surface area is 173 Å². The maximum atomic E-state index is 5.48. The summed E-state index contributed by atoms with van der Waals surface area (Å²) in [5.74, 6) is 3.60. The van der Waals surface area contributed by atoms with Crippen molar-refractivity contribution < 1.29 is 18.9 Å². The van der Waals surface area contributed by atoms with Crippen molar-refractivity contribution >= 4 is 5.96 Å². The minimum atomic E-state index is 0.438. The maximum Gasteiger partial charge on any atom is 0.191 e. The molecule has 0 aliphatic rings. The summed E-state index contributed by atoms with van der Waals surface area (Å²) in [5, 5.41) is 6.63. The molecular weight excluding hydrogens is 370 g/mol. The summed E-state index contributed by atoms with van der Waals surface area (Å²) in [6.45, 7) is 3.97. The molecule has 0 saturated heterocycles. The van der Waals surface area contributed by atoms with Crippen molar-refractivity contribution in [2.24, 2.45) is 4.99 Å². The number of hydrogen-bond acceptors (Lipinski definition) is 5. The molecule has 0 aromatic heterocycles. The Morgan fingerprint density at radius 2 is 1.45 bits per heavy atom. The molecule has 2 aromatic rings. The normalized spacial score (nSPS) is 11.0. The number of hydrogen-bond donors (Lipinski definition) is 2. The Kier molecular flexibility index (Phi) is 8.95. The van der Waals surface area contributed by atoms with Crippen molar-refractivity contribution in [1.29, 1.82) is 0 Å². The molecule has 0 amide bonds. The lowest BCUT2D eigenvalue weighted by Crippen LogP contribution is -2.38. The Bertz CT molecular complexity index is 809. The molecule has 7 heteroatoms. The van der Waals surface area contributed by atoms with Crippen molar-refractivity contribution in [2.75, 3.05) is 41.5 Å². The number of aliphatic imine (C=N–C) groups is 1. The molecule has 7 nitrogen and oxygen atoms in total. The van der Waals surface area contributed by atoms with Crippen molar-refractivity contribution in [1.82, 2.24) is 10.6 Å². The van der Waals surface area contributed by atoms with Crippen molar-refractivity contribution in [2.45, 2.75) is 19.9 Å². The first-order valence-electron chi connectivity index (χ1n) is 9.59. The van der Waals surface area contributed by atoms with E-state index in [1.807, 2.05) is 37.3 Å². The van der Waals surface area contributed by atoms with Gasteiger partial charge in [-0.2, -0.15) is 0 Å². The lowest BCUT2D eigenvalue weighted by atomic mass is 10.1. The van der Waals surface area contributed by atoms with Gasteiger partial charge in [-0.15, -0.1) is 0 Å². The van der Waals surface area contributed by atoms with Crippen LogP contribution >= 0.6 is 0 Å². The third kappa shape index (κ3) is 6.20. The van der Waals surface area contributed by atoms with Crippen molar-refractivity contribution in [3.05, 3.63) is 47.5 Å². The van der Waals surface area contributed by atoms with E-state index in [2.05, 4.69) is 21.7 Å². The zero-order valence-electron chi connectivity index (χ0n) is 17.9. The van der Waals surface area contributed by atoms with Crippen LogP contribution in [0.3, 0.4) is 0 Å². The second kappa shape index (κ2) is 11.7. The lowest BCUT2D eigenvalue weighted by Gasteiger charge is -2.15. The highest BCUT2D eigenvalue weighted by Crippen LogP contribution is 2.34. The molecule has 0 unspecified atom stereocenters. The average Bonchev–Trinajstić information content (AvgIpc) is 2.77. The minimum Gasteiger partial charge on any atom is -0.496 e. The summed E-state index contributed by atoms with van der Waals surface area (Å²) in [7, 11) is 6.53. The van der Waals surface area contributed by atoms with Crippen molar-refractivity contribution in [3.8, 4) is 23.0 Å². The quantitative estimate of drug-likeness (QED) is 0.471. The number of nitrogens with zero attached hydrogens (tertiary/aromatic N) is 1. The molecule has 0 radical (unpaired) electrons. The van der Waals surface area contributed by atoms with Gasteiger partial charge >= 0.3 is 0 Å². The number of nitrogens with one attached hydrogen (secondary N) is 2. The molecule has 0 spiro atoms. The Balaban J connectivity index is 2.08. The molecule has 0 fully saturated rings. The highest BCUT2D eigenvalue weighted by atomic mass is 16.5. The summed E-state index contributed by atoms with van der Waals surface area (Å²) in [5.41, 5.74) is 2.06. The van der Waals surface area contributed by atoms with Gasteiger partial charge in [-0.1, -0.05) is 18.2 Å². The summed E-state index contributed by atoms with van der Waals surface area (Å²) < 4.78 is 21.6. The van der Waals surface area contributed by atoms with Crippen LogP contribution in [0.2, 0.25) is 0 Å². The van der Waals surface area contributed by atoms with Crippen molar-refractivity contribution in [3.63, 3.8) is 0 Å². The zero-order chi connectivity index (χ0) is 21.1. The van der Waals surface area contributed by atoms with E-state index >= 15 is 0 Å².